The molecule has 0 aromatic carbocycles. The maximum absolute atomic E-state index is 11.4. The predicted octanol–water partition coefficient (Wildman–Crippen LogP) is 1.56. The standard InChI is InChI=1S/C9H9INO2/c10-7-3-4-8(12)11(6-7)9-2-1-5-13-9/h4,6,9H,1-2,5H2. The van der Waals surface area contributed by atoms with Gasteiger partial charge < -0.3 is 4.74 Å². The Hall–Kier alpha value is -0.360. The SMILES string of the molecule is O=c1c[c]c(I)cn1C1CCCO1. The van der Waals surface area contributed by atoms with Gasteiger partial charge in [-0.3, -0.25) is 9.36 Å². The molecule has 1 aromatic rings. The fourth-order valence-electron chi connectivity index (χ4n) is 1.43. The third-order valence-corrected chi connectivity index (χ3v) is 2.65. The lowest BCUT2D eigenvalue weighted by atomic mass is 10.3. The van der Waals surface area contributed by atoms with E-state index in [0.29, 0.717) is 0 Å². The zero-order valence-corrected chi connectivity index (χ0v) is 9.15. The van der Waals surface area contributed by atoms with Gasteiger partial charge in [-0.25, -0.2) is 0 Å². The summed E-state index contributed by atoms with van der Waals surface area (Å²) in [6.45, 7) is 0.756. The van der Waals surface area contributed by atoms with E-state index >= 15 is 0 Å². The zero-order valence-electron chi connectivity index (χ0n) is 7.00. The Morgan fingerprint density at radius 3 is 3.23 bits per heavy atom. The van der Waals surface area contributed by atoms with Crippen LogP contribution in [-0.4, -0.2) is 11.2 Å². The van der Waals surface area contributed by atoms with Crippen LogP contribution in [0.15, 0.2) is 17.1 Å². The van der Waals surface area contributed by atoms with Crippen LogP contribution in [0.4, 0.5) is 0 Å². The molecular weight excluding hydrogens is 281 g/mol. The molecule has 1 atom stereocenters. The molecule has 69 valence electrons. The molecule has 1 radical (unpaired) electrons. The summed E-state index contributed by atoms with van der Waals surface area (Å²) >= 11 is 2.14. The number of halogens is 1. The topological polar surface area (TPSA) is 31.2 Å². The molecule has 0 aliphatic carbocycles. The molecule has 13 heavy (non-hydrogen) atoms. The van der Waals surface area contributed by atoms with Crippen molar-refractivity contribution in [2.45, 2.75) is 19.1 Å². The summed E-state index contributed by atoms with van der Waals surface area (Å²) in [5.74, 6) is 0. The highest BCUT2D eigenvalue weighted by Crippen LogP contribution is 2.21. The molecule has 1 saturated heterocycles. The van der Waals surface area contributed by atoms with Crippen molar-refractivity contribution in [3.63, 3.8) is 0 Å². The Labute approximate surface area is 89.9 Å². The van der Waals surface area contributed by atoms with Crippen molar-refractivity contribution in [3.05, 3.63) is 32.3 Å². The molecule has 3 nitrogen and oxygen atoms in total. The first kappa shape index (κ1) is 9.21. The van der Waals surface area contributed by atoms with E-state index < -0.39 is 0 Å². The van der Waals surface area contributed by atoms with Crippen LogP contribution < -0.4 is 5.56 Å². The van der Waals surface area contributed by atoms with Gasteiger partial charge in [-0.05, 0) is 35.4 Å². The molecule has 0 saturated carbocycles. The number of rotatable bonds is 1. The summed E-state index contributed by atoms with van der Waals surface area (Å²) in [5, 5.41) is 0. The second-order valence-electron chi connectivity index (χ2n) is 2.98. The molecule has 4 heteroatoms. The van der Waals surface area contributed by atoms with E-state index in [1.165, 1.54) is 6.07 Å². The van der Waals surface area contributed by atoms with Crippen molar-refractivity contribution < 1.29 is 4.74 Å². The number of pyridine rings is 1. The minimum Gasteiger partial charge on any atom is -0.358 e. The van der Waals surface area contributed by atoms with E-state index in [2.05, 4.69) is 28.7 Å². The predicted molar refractivity (Wildman–Crippen MR) is 56.5 cm³/mol. The van der Waals surface area contributed by atoms with Crippen molar-refractivity contribution in [2.24, 2.45) is 0 Å². The van der Waals surface area contributed by atoms with Crippen molar-refractivity contribution in [1.82, 2.24) is 4.57 Å². The molecule has 1 fully saturated rings. The van der Waals surface area contributed by atoms with Gasteiger partial charge in [-0.1, -0.05) is 0 Å². The smallest absolute Gasteiger partial charge is 0.253 e. The monoisotopic (exact) mass is 290 g/mol. The van der Waals surface area contributed by atoms with Crippen molar-refractivity contribution in [2.75, 3.05) is 6.61 Å². The Kier molecular flexibility index (Phi) is 2.69. The van der Waals surface area contributed by atoms with E-state index in [9.17, 15) is 4.79 Å². The molecular formula is C9H9INO2. The van der Waals surface area contributed by atoms with Crippen molar-refractivity contribution >= 4 is 22.6 Å². The highest BCUT2D eigenvalue weighted by molar-refractivity contribution is 14.1. The van der Waals surface area contributed by atoms with Crippen LogP contribution in [-0.2, 0) is 4.74 Å². The fraction of sp³-hybridized carbons (Fsp3) is 0.444. The average Bonchev–Trinajstić information content (AvgIpc) is 2.61. The lowest BCUT2D eigenvalue weighted by molar-refractivity contribution is 0.0536. The van der Waals surface area contributed by atoms with E-state index in [1.54, 1.807) is 10.8 Å². The zero-order chi connectivity index (χ0) is 9.26. The lowest BCUT2D eigenvalue weighted by Crippen LogP contribution is -2.23. The van der Waals surface area contributed by atoms with Gasteiger partial charge in [-0.15, -0.1) is 0 Å². The third-order valence-electron chi connectivity index (χ3n) is 2.06. The fourth-order valence-corrected chi connectivity index (χ4v) is 1.89. The van der Waals surface area contributed by atoms with Gasteiger partial charge in [0.1, 0.15) is 6.23 Å². The summed E-state index contributed by atoms with van der Waals surface area (Å²) in [7, 11) is 0. The molecule has 1 aromatic heterocycles. The van der Waals surface area contributed by atoms with Crippen molar-refractivity contribution in [3.8, 4) is 0 Å². The van der Waals surface area contributed by atoms with Crippen LogP contribution in [0.2, 0.25) is 0 Å². The summed E-state index contributed by atoms with van der Waals surface area (Å²) in [6, 6.07) is 4.32. The molecule has 2 heterocycles. The van der Waals surface area contributed by atoms with Gasteiger partial charge in [0.25, 0.3) is 5.56 Å². The van der Waals surface area contributed by atoms with Gasteiger partial charge in [-0.2, -0.15) is 0 Å². The van der Waals surface area contributed by atoms with Crippen LogP contribution in [0, 0.1) is 9.64 Å². The molecule has 1 aliphatic rings. The summed E-state index contributed by atoms with van der Waals surface area (Å²) in [4.78, 5) is 11.4. The number of aromatic nitrogens is 1. The first-order valence-electron chi connectivity index (χ1n) is 4.18. The Morgan fingerprint density at radius 1 is 1.69 bits per heavy atom. The van der Waals surface area contributed by atoms with Crippen molar-refractivity contribution in [1.29, 1.82) is 0 Å². The van der Waals surface area contributed by atoms with Crippen LogP contribution in [0.1, 0.15) is 19.1 Å². The maximum atomic E-state index is 11.4. The van der Waals surface area contributed by atoms with Crippen LogP contribution in [0.5, 0.6) is 0 Å². The minimum absolute atomic E-state index is 0.0349. The van der Waals surface area contributed by atoms with Gasteiger partial charge in [0.15, 0.2) is 0 Å². The van der Waals surface area contributed by atoms with E-state index in [-0.39, 0.29) is 11.8 Å². The number of hydrogen-bond donors (Lipinski definition) is 0. The molecule has 0 amide bonds. The molecule has 0 N–H and O–H groups in total. The molecule has 1 aliphatic heterocycles. The normalized spacial score (nSPS) is 22.1. The first-order valence-corrected chi connectivity index (χ1v) is 5.26. The highest BCUT2D eigenvalue weighted by Gasteiger charge is 2.17. The molecule has 0 spiro atoms. The summed E-state index contributed by atoms with van der Waals surface area (Å²) < 4.78 is 8.00. The summed E-state index contributed by atoms with van der Waals surface area (Å²) in [6.07, 6.45) is 3.70. The first-order chi connectivity index (χ1) is 6.27. The van der Waals surface area contributed by atoms with Crippen LogP contribution in [0.3, 0.4) is 0 Å². The lowest BCUT2D eigenvalue weighted by Gasteiger charge is -2.12. The molecule has 0 bridgehead atoms. The maximum Gasteiger partial charge on any atom is 0.253 e. The van der Waals surface area contributed by atoms with Gasteiger partial charge >= 0.3 is 0 Å². The number of ether oxygens (including phenoxy) is 1. The Bertz CT molecular complexity index is 355. The van der Waals surface area contributed by atoms with E-state index in [4.69, 9.17) is 4.74 Å². The molecule has 2 rings (SSSR count). The number of hydrogen-bond acceptors (Lipinski definition) is 2. The van der Waals surface area contributed by atoms with E-state index in [0.717, 1.165) is 23.0 Å². The van der Waals surface area contributed by atoms with Crippen LogP contribution in [0.25, 0.3) is 0 Å². The Morgan fingerprint density at radius 2 is 2.54 bits per heavy atom. The number of nitrogens with zero attached hydrogens (tertiary/aromatic N) is 1. The average molecular weight is 290 g/mol. The second-order valence-corrected chi connectivity index (χ2v) is 4.14. The highest BCUT2D eigenvalue weighted by atomic mass is 127. The second kappa shape index (κ2) is 3.79. The van der Waals surface area contributed by atoms with E-state index in [1.807, 2.05) is 0 Å². The third kappa shape index (κ3) is 1.94. The van der Waals surface area contributed by atoms with Gasteiger partial charge in [0.05, 0.1) is 0 Å². The largest absolute Gasteiger partial charge is 0.358 e. The molecule has 1 unspecified atom stereocenters. The summed E-state index contributed by atoms with van der Waals surface area (Å²) in [5.41, 5.74) is -0.0349. The van der Waals surface area contributed by atoms with Gasteiger partial charge in [0.2, 0.25) is 0 Å². The van der Waals surface area contributed by atoms with Gasteiger partial charge in [0, 0.05) is 28.5 Å². The van der Waals surface area contributed by atoms with Crippen LogP contribution >= 0.6 is 22.6 Å². The Balaban J connectivity index is 2.37. The minimum atomic E-state index is -0.0596. The quantitative estimate of drug-likeness (QED) is 0.735.